The maximum absolute atomic E-state index is 12.7. The largest absolute Gasteiger partial charge is 0.341 e. The minimum absolute atomic E-state index is 0.0488. The summed E-state index contributed by atoms with van der Waals surface area (Å²) in [7, 11) is 1.84. The maximum atomic E-state index is 12.7. The van der Waals surface area contributed by atoms with Gasteiger partial charge < -0.3 is 4.90 Å². The molecule has 0 N–H and O–H groups in total. The molecule has 3 rings (SSSR count). The Morgan fingerprint density at radius 1 is 1.00 bits per heavy atom. The molecule has 0 saturated heterocycles. The van der Waals surface area contributed by atoms with Crippen LogP contribution < -0.4 is 0 Å². The number of rotatable bonds is 4. The lowest BCUT2D eigenvalue weighted by atomic mass is 10.0. The van der Waals surface area contributed by atoms with Gasteiger partial charge in [0.25, 0.3) is 5.91 Å². The first kappa shape index (κ1) is 14.3. The number of hydrogen-bond donors (Lipinski definition) is 0. The minimum atomic E-state index is 0.0488. The number of pyridine rings is 1. The van der Waals surface area contributed by atoms with E-state index in [-0.39, 0.29) is 5.91 Å². The van der Waals surface area contributed by atoms with Crippen molar-refractivity contribution in [1.29, 1.82) is 0 Å². The molecule has 0 unspecified atom stereocenters. The van der Waals surface area contributed by atoms with Crippen LogP contribution in [0.4, 0.5) is 0 Å². The average molecular weight is 290 g/mol. The fraction of sp³-hybridized carbons (Fsp3) is 0.158. The highest BCUT2D eigenvalue weighted by molar-refractivity contribution is 6.06. The van der Waals surface area contributed by atoms with Gasteiger partial charge in [0, 0.05) is 37.5 Å². The molecule has 22 heavy (non-hydrogen) atoms. The van der Waals surface area contributed by atoms with Crippen LogP contribution in [0, 0.1) is 0 Å². The third-order valence-corrected chi connectivity index (χ3v) is 3.80. The Morgan fingerprint density at radius 2 is 1.77 bits per heavy atom. The Labute approximate surface area is 130 Å². The minimum Gasteiger partial charge on any atom is -0.341 e. The van der Waals surface area contributed by atoms with Gasteiger partial charge in [-0.2, -0.15) is 0 Å². The third kappa shape index (κ3) is 2.98. The van der Waals surface area contributed by atoms with E-state index in [1.54, 1.807) is 11.1 Å². The lowest BCUT2D eigenvalue weighted by molar-refractivity contribution is 0.0798. The van der Waals surface area contributed by atoms with Crippen molar-refractivity contribution in [3.05, 3.63) is 78.1 Å². The molecule has 3 aromatic rings. The first-order valence-corrected chi connectivity index (χ1v) is 7.39. The molecule has 0 bridgehead atoms. The van der Waals surface area contributed by atoms with E-state index in [0.717, 1.165) is 28.5 Å². The van der Waals surface area contributed by atoms with Crippen molar-refractivity contribution in [2.45, 2.75) is 6.42 Å². The second-order valence-corrected chi connectivity index (χ2v) is 5.32. The number of fused-ring (bicyclic) bond motifs is 1. The van der Waals surface area contributed by atoms with Crippen LogP contribution in [0.15, 0.2) is 66.9 Å². The monoisotopic (exact) mass is 290 g/mol. The molecule has 0 saturated carbocycles. The SMILES string of the molecule is CN(CCc1ccccn1)C(=O)c1cccc2ccccc12. The molecule has 3 nitrogen and oxygen atoms in total. The zero-order valence-corrected chi connectivity index (χ0v) is 12.6. The van der Waals surface area contributed by atoms with Crippen molar-refractivity contribution < 1.29 is 4.79 Å². The van der Waals surface area contributed by atoms with Gasteiger partial charge in [-0.15, -0.1) is 0 Å². The Hall–Kier alpha value is -2.68. The Kier molecular flexibility index (Phi) is 4.15. The number of aromatic nitrogens is 1. The van der Waals surface area contributed by atoms with Crippen LogP contribution in [0.5, 0.6) is 0 Å². The van der Waals surface area contributed by atoms with Crippen LogP contribution in [0.25, 0.3) is 10.8 Å². The second kappa shape index (κ2) is 6.39. The molecule has 3 heteroatoms. The smallest absolute Gasteiger partial charge is 0.254 e. The normalized spacial score (nSPS) is 10.6. The number of carbonyl (C=O) groups excluding carboxylic acids is 1. The second-order valence-electron chi connectivity index (χ2n) is 5.32. The molecule has 110 valence electrons. The van der Waals surface area contributed by atoms with E-state index < -0.39 is 0 Å². The first-order chi connectivity index (χ1) is 10.8. The zero-order chi connectivity index (χ0) is 15.4. The van der Waals surface area contributed by atoms with E-state index in [2.05, 4.69) is 4.98 Å². The molecule has 0 spiro atoms. The molecule has 0 fully saturated rings. The first-order valence-electron chi connectivity index (χ1n) is 7.39. The van der Waals surface area contributed by atoms with E-state index >= 15 is 0 Å². The van der Waals surface area contributed by atoms with E-state index in [1.807, 2.05) is 67.7 Å². The highest BCUT2D eigenvalue weighted by Gasteiger charge is 2.14. The molecule has 0 atom stereocenters. The van der Waals surface area contributed by atoms with Crippen molar-refractivity contribution >= 4 is 16.7 Å². The number of carbonyl (C=O) groups is 1. The number of amides is 1. The van der Waals surface area contributed by atoms with E-state index in [9.17, 15) is 4.79 Å². The summed E-state index contributed by atoms with van der Waals surface area (Å²) in [5, 5.41) is 2.09. The summed E-state index contributed by atoms with van der Waals surface area (Å²) in [6.45, 7) is 0.652. The predicted molar refractivity (Wildman–Crippen MR) is 88.8 cm³/mol. The van der Waals surface area contributed by atoms with Gasteiger partial charge in [0.05, 0.1) is 0 Å². The van der Waals surface area contributed by atoms with E-state index in [4.69, 9.17) is 0 Å². The van der Waals surface area contributed by atoms with Gasteiger partial charge in [0.15, 0.2) is 0 Å². The molecule has 0 radical (unpaired) electrons. The molecule has 0 aliphatic carbocycles. The Bertz CT molecular complexity index is 778. The number of nitrogens with zero attached hydrogens (tertiary/aromatic N) is 2. The quantitative estimate of drug-likeness (QED) is 0.736. The molecule has 1 aromatic heterocycles. The van der Waals surface area contributed by atoms with Crippen molar-refractivity contribution in [3.63, 3.8) is 0 Å². The van der Waals surface area contributed by atoms with Crippen LogP contribution in [0.3, 0.4) is 0 Å². The van der Waals surface area contributed by atoms with Crippen LogP contribution in [0.2, 0.25) is 0 Å². The van der Waals surface area contributed by atoms with Crippen LogP contribution in [-0.2, 0) is 6.42 Å². The van der Waals surface area contributed by atoms with Gasteiger partial charge in [-0.05, 0) is 29.0 Å². The Balaban J connectivity index is 1.77. The lowest BCUT2D eigenvalue weighted by Crippen LogP contribution is -2.29. The highest BCUT2D eigenvalue weighted by atomic mass is 16.2. The summed E-state index contributed by atoms with van der Waals surface area (Å²) in [6.07, 6.45) is 2.54. The van der Waals surface area contributed by atoms with Crippen LogP contribution in [-0.4, -0.2) is 29.4 Å². The molecule has 1 amide bonds. The van der Waals surface area contributed by atoms with E-state index in [0.29, 0.717) is 6.54 Å². The van der Waals surface area contributed by atoms with Crippen molar-refractivity contribution in [2.75, 3.05) is 13.6 Å². The van der Waals surface area contributed by atoms with Gasteiger partial charge in [0.2, 0.25) is 0 Å². The molecule has 0 aliphatic rings. The van der Waals surface area contributed by atoms with Crippen molar-refractivity contribution in [1.82, 2.24) is 9.88 Å². The summed E-state index contributed by atoms with van der Waals surface area (Å²) in [6, 6.07) is 19.7. The standard InChI is InChI=1S/C19H18N2O/c1-21(14-12-16-9-4-5-13-20-16)19(22)18-11-6-8-15-7-2-3-10-17(15)18/h2-11,13H,12,14H2,1H3. The summed E-state index contributed by atoms with van der Waals surface area (Å²) >= 11 is 0. The summed E-state index contributed by atoms with van der Waals surface area (Å²) < 4.78 is 0. The third-order valence-electron chi connectivity index (χ3n) is 3.80. The van der Waals surface area contributed by atoms with E-state index in [1.165, 1.54) is 0 Å². The van der Waals surface area contributed by atoms with Gasteiger partial charge >= 0.3 is 0 Å². The fourth-order valence-corrected chi connectivity index (χ4v) is 2.55. The fourth-order valence-electron chi connectivity index (χ4n) is 2.55. The number of likely N-dealkylation sites (N-methyl/N-ethyl adjacent to an activating group) is 1. The summed E-state index contributed by atoms with van der Waals surface area (Å²) in [5.74, 6) is 0.0488. The van der Waals surface area contributed by atoms with Crippen molar-refractivity contribution in [3.8, 4) is 0 Å². The maximum Gasteiger partial charge on any atom is 0.254 e. The van der Waals surface area contributed by atoms with Crippen LogP contribution in [0.1, 0.15) is 16.1 Å². The average Bonchev–Trinajstić information content (AvgIpc) is 2.59. The summed E-state index contributed by atoms with van der Waals surface area (Å²) in [4.78, 5) is 18.7. The Morgan fingerprint density at radius 3 is 2.59 bits per heavy atom. The van der Waals surface area contributed by atoms with Gasteiger partial charge in [0.1, 0.15) is 0 Å². The molecule has 2 aromatic carbocycles. The van der Waals surface area contributed by atoms with Gasteiger partial charge in [-0.25, -0.2) is 0 Å². The van der Waals surface area contributed by atoms with Gasteiger partial charge in [-0.3, -0.25) is 9.78 Å². The zero-order valence-electron chi connectivity index (χ0n) is 12.6. The molecule has 0 aliphatic heterocycles. The molecular formula is C19H18N2O. The van der Waals surface area contributed by atoms with Gasteiger partial charge in [-0.1, -0.05) is 42.5 Å². The summed E-state index contributed by atoms with van der Waals surface area (Å²) in [5.41, 5.74) is 1.75. The van der Waals surface area contributed by atoms with Crippen LogP contribution >= 0.6 is 0 Å². The topological polar surface area (TPSA) is 33.2 Å². The molecule has 1 heterocycles. The highest BCUT2D eigenvalue weighted by Crippen LogP contribution is 2.19. The van der Waals surface area contributed by atoms with Crippen molar-refractivity contribution in [2.24, 2.45) is 0 Å². The lowest BCUT2D eigenvalue weighted by Gasteiger charge is -2.18. The number of hydrogen-bond acceptors (Lipinski definition) is 2. The molecular weight excluding hydrogens is 272 g/mol. The number of benzene rings is 2. The predicted octanol–water partition coefficient (Wildman–Crippen LogP) is 3.55.